The van der Waals surface area contributed by atoms with Crippen LogP contribution in [0.25, 0.3) is 12.3 Å². The van der Waals surface area contributed by atoms with E-state index in [4.69, 9.17) is 50.7 Å². The normalized spacial score (nSPS) is 12.5. The number of carboxylic acid groups (broad SMARTS) is 4. The standard InChI is InChI=1S/C20H32N6O12S2.2ClH.2H2N.Pt/c21-9(19(35)36)1-3-13(27)25-11(17(33)23-5-15(29)30)7-39-40-8-12(18(34)24-6-16(31)32)26-14(28)4-2-10(22)20(37)38;;;;;/h9-12H,1-8,21-22H2,(H,23,33)(H,24,34)(H,25,27)(H,26,28)(H,29,30)(H,31,32)(H,35,36)(H,37,38);2*1H;2*1H2;/q;;;2*-1;+4/p-2/t9-,10-,11-,12-;;;;;/m0...../s1. The molecule has 20 nitrogen and oxygen atoms in total. The third kappa shape index (κ3) is 27.6. The Hall–Kier alpha value is -2.43. The minimum atomic E-state index is -1.34. The molecule has 0 aromatic rings. The Labute approximate surface area is 281 Å². The molecular weight excluding hydrogens is 874 g/mol. The maximum atomic E-state index is 12.4. The molecule has 0 aromatic heterocycles. The molecule has 0 saturated heterocycles. The number of carboxylic acids is 4. The zero-order chi connectivity index (χ0) is 33.5. The van der Waals surface area contributed by atoms with Gasteiger partial charge in [-0.25, -0.2) is 0 Å². The molecule has 0 spiro atoms. The topological polar surface area (TPSA) is 385 Å². The van der Waals surface area contributed by atoms with Crippen LogP contribution in [0.3, 0.4) is 0 Å². The van der Waals surface area contributed by atoms with Crippen molar-refractivity contribution < 1.29 is 75.3 Å². The van der Waals surface area contributed by atoms with Gasteiger partial charge in [-0.2, -0.15) is 0 Å². The summed E-state index contributed by atoms with van der Waals surface area (Å²) in [4.78, 5) is 92.3. The summed E-state index contributed by atoms with van der Waals surface area (Å²) in [6.07, 6.45) is -1.12. The van der Waals surface area contributed by atoms with Crippen molar-refractivity contribution in [2.45, 2.75) is 49.9 Å². The fraction of sp³-hybridized carbons (Fsp3) is 0.600. The van der Waals surface area contributed by atoms with Crippen molar-refractivity contribution in [1.82, 2.24) is 21.3 Å². The van der Waals surface area contributed by atoms with Gasteiger partial charge in [0.15, 0.2) is 0 Å². The van der Waals surface area contributed by atoms with Crippen LogP contribution in [0.1, 0.15) is 25.7 Å². The summed E-state index contributed by atoms with van der Waals surface area (Å²) in [6.45, 7) is -1.48. The summed E-state index contributed by atoms with van der Waals surface area (Å²) in [5.41, 5.74) is 10.7. The zero-order valence-corrected chi connectivity index (χ0v) is 28.6. The van der Waals surface area contributed by atoms with Crippen molar-refractivity contribution in [3.63, 3.8) is 0 Å². The van der Waals surface area contributed by atoms with Crippen LogP contribution in [0.5, 0.6) is 0 Å². The average Bonchev–Trinajstić information content (AvgIpc) is 2.92. The molecular formula is C20H36Cl2N8O12PtS2. The number of aliphatic carboxylic acids is 4. The smallest absolute Gasteiger partial charge is 0.693 e. The fourth-order valence-corrected chi connectivity index (χ4v) is 4.85. The number of carbonyl (C=O) groups is 8. The van der Waals surface area contributed by atoms with Crippen molar-refractivity contribution >= 4 is 87.9 Å². The number of nitrogens with one attached hydrogen (secondary N) is 4. The molecule has 25 heteroatoms. The van der Waals surface area contributed by atoms with Crippen LogP contribution in [0.15, 0.2) is 0 Å². The molecule has 0 aliphatic carbocycles. The van der Waals surface area contributed by atoms with Gasteiger partial charge in [-0.05, 0) is 12.8 Å². The van der Waals surface area contributed by atoms with Gasteiger partial charge in [-0.3, -0.25) is 38.4 Å². The van der Waals surface area contributed by atoms with Gasteiger partial charge < -0.3 is 65.5 Å². The van der Waals surface area contributed by atoms with Crippen LogP contribution in [0, 0.1) is 0 Å². The Morgan fingerprint density at radius 1 is 0.644 bits per heavy atom. The van der Waals surface area contributed by atoms with Gasteiger partial charge in [0.1, 0.15) is 37.3 Å². The van der Waals surface area contributed by atoms with Crippen LogP contribution in [0.2, 0.25) is 0 Å². The summed E-state index contributed by atoms with van der Waals surface area (Å²) < 4.78 is 0. The molecule has 0 fully saturated rings. The van der Waals surface area contributed by atoms with Crippen LogP contribution >= 0.6 is 40.4 Å². The predicted molar refractivity (Wildman–Crippen MR) is 162 cm³/mol. The number of nitrogens with two attached hydrogens (primary N) is 4. The molecule has 4 amide bonds. The number of amides is 4. The van der Waals surface area contributed by atoms with Gasteiger partial charge in [-0.1, -0.05) is 21.6 Å². The number of halogens is 2. The van der Waals surface area contributed by atoms with E-state index in [9.17, 15) is 38.4 Å². The van der Waals surface area contributed by atoms with Crippen LogP contribution in [-0.4, -0.2) is 117 Å². The van der Waals surface area contributed by atoms with Crippen molar-refractivity contribution in [2.24, 2.45) is 11.5 Å². The van der Waals surface area contributed by atoms with Crippen molar-refractivity contribution in [3.8, 4) is 0 Å². The summed E-state index contributed by atoms with van der Waals surface area (Å²) in [7, 11) is 11.6. The fourth-order valence-electron chi connectivity index (χ4n) is 2.52. The van der Waals surface area contributed by atoms with E-state index in [0.29, 0.717) is 0 Å². The molecule has 16 N–H and O–H groups in total. The van der Waals surface area contributed by atoms with Gasteiger partial charge in [-0.15, -0.1) is 0 Å². The Morgan fingerprint density at radius 2 is 0.933 bits per heavy atom. The number of hydrogen-bond donors (Lipinski definition) is 10. The maximum absolute atomic E-state index is 12.4. The number of rotatable bonds is 21. The van der Waals surface area contributed by atoms with E-state index in [1.165, 1.54) is 0 Å². The third-order valence-corrected chi connectivity index (χ3v) is 7.11. The predicted octanol–water partition coefficient (Wildman–Crippen LogP) is -1.07. The Balaban J connectivity index is -0.00000161. The molecule has 0 saturated carbocycles. The molecule has 0 rings (SSSR count). The maximum Gasteiger partial charge on any atom is -0.693 e. The first-order valence-electron chi connectivity index (χ1n) is 11.7. The third-order valence-electron chi connectivity index (χ3n) is 4.68. The summed E-state index contributed by atoms with van der Waals surface area (Å²) in [6, 6.07) is -5.16. The van der Waals surface area contributed by atoms with E-state index in [1.54, 1.807) is 0 Å². The summed E-state index contributed by atoms with van der Waals surface area (Å²) in [5, 5.41) is 44.1. The van der Waals surface area contributed by atoms with E-state index in [1.807, 2.05) is 0 Å². The molecule has 0 aromatic carbocycles. The number of hydrogen-bond acceptors (Lipinski definition) is 12. The van der Waals surface area contributed by atoms with Crippen LogP contribution in [-0.2, 0) is 54.8 Å². The van der Waals surface area contributed by atoms with Crippen molar-refractivity contribution in [1.29, 1.82) is 0 Å². The second kappa shape index (κ2) is 29.0. The van der Waals surface area contributed by atoms with E-state index in [0.717, 1.165) is 21.6 Å². The monoisotopic (exact) mass is 909 g/mol. The second-order valence-electron chi connectivity index (χ2n) is 8.04. The average molecular weight is 911 g/mol. The van der Waals surface area contributed by atoms with Gasteiger partial charge in [0.2, 0.25) is 23.6 Å². The van der Waals surface area contributed by atoms with Gasteiger partial charge >= 0.3 is 59.2 Å². The molecule has 0 heterocycles. The van der Waals surface area contributed by atoms with Crippen LogP contribution < -0.4 is 32.7 Å². The first-order valence-corrected chi connectivity index (χ1v) is 19.8. The molecule has 0 aliphatic heterocycles. The Bertz CT molecular complexity index is 918. The first kappa shape index (κ1) is 49.4. The van der Waals surface area contributed by atoms with Gasteiger partial charge in [0.05, 0.1) is 0 Å². The molecule has 0 unspecified atom stereocenters. The Kier molecular flexibility index (Phi) is 31.9. The largest absolute Gasteiger partial charge is 0.693 e. The second-order valence-corrected chi connectivity index (χ2v) is 13.9. The minimum absolute atomic E-state index is 0. The quantitative estimate of drug-likeness (QED) is 0.0484. The Morgan fingerprint density at radius 3 is 1.18 bits per heavy atom. The molecule has 0 bridgehead atoms. The van der Waals surface area contributed by atoms with Crippen molar-refractivity contribution in [3.05, 3.63) is 12.3 Å². The molecule has 45 heavy (non-hydrogen) atoms. The molecule has 264 valence electrons. The summed E-state index contributed by atoms with van der Waals surface area (Å²) in [5.74, 6) is -8.81. The molecule has 4 atom stereocenters. The van der Waals surface area contributed by atoms with Gasteiger partial charge in [0.25, 0.3) is 0 Å². The van der Waals surface area contributed by atoms with E-state index in [2.05, 4.69) is 21.3 Å². The first-order chi connectivity index (χ1) is 20.0. The van der Waals surface area contributed by atoms with E-state index < -0.39 is 101 Å². The van der Waals surface area contributed by atoms with Crippen molar-refractivity contribution in [2.75, 3.05) is 24.6 Å². The SMILES string of the molecule is N[C@@H](CCC(=O)N[C@@H](CSSC[C@H](NC(=O)CC[C@H](N)C(=O)O)C(=O)NCC(=O)O)C(=O)NCC(=O)O)C(=O)O.[Cl][Pt+2][Cl].[NH2-].[NH2-]. The summed E-state index contributed by atoms with van der Waals surface area (Å²) >= 11 is -0.472. The van der Waals surface area contributed by atoms with E-state index in [-0.39, 0.29) is 49.5 Å². The molecule has 0 radical (unpaired) electrons. The zero-order valence-electron chi connectivity index (χ0n) is 23.2. The minimum Gasteiger partial charge on any atom is -0.693 e. The molecule has 0 aliphatic rings. The van der Waals surface area contributed by atoms with Gasteiger partial charge in [0, 0.05) is 24.3 Å². The number of carbonyl (C=O) groups excluding carboxylic acids is 4. The van der Waals surface area contributed by atoms with Crippen LogP contribution in [0.4, 0.5) is 0 Å². The van der Waals surface area contributed by atoms with E-state index >= 15 is 0 Å².